The van der Waals surface area contributed by atoms with Crippen molar-refractivity contribution < 1.29 is 4.79 Å². The van der Waals surface area contributed by atoms with Gasteiger partial charge < -0.3 is 9.80 Å². The van der Waals surface area contributed by atoms with E-state index in [9.17, 15) is 4.79 Å². The summed E-state index contributed by atoms with van der Waals surface area (Å²) in [4.78, 5) is 15.7. The third-order valence-electron chi connectivity index (χ3n) is 2.60. The molecule has 76 valence electrons. The van der Waals surface area contributed by atoms with Crippen molar-refractivity contribution in [2.75, 3.05) is 27.2 Å². The standard InChI is InChI=1S/C10H20N2O/c1-4-9(8-11(2)3)12-7-5-6-10(12)13/h9H,4-8H2,1-3H3/t9-/m0/s1. The molecule has 3 nitrogen and oxygen atoms in total. The molecule has 1 fully saturated rings. The molecule has 1 saturated heterocycles. The van der Waals surface area contributed by atoms with Crippen LogP contribution in [0.1, 0.15) is 26.2 Å². The third-order valence-corrected chi connectivity index (χ3v) is 2.60. The van der Waals surface area contributed by atoms with Gasteiger partial charge in [0.1, 0.15) is 0 Å². The zero-order valence-electron chi connectivity index (χ0n) is 8.92. The number of likely N-dealkylation sites (tertiary alicyclic amines) is 1. The van der Waals surface area contributed by atoms with Crippen LogP contribution in [0, 0.1) is 0 Å². The predicted molar refractivity (Wildman–Crippen MR) is 53.6 cm³/mol. The molecular formula is C10H20N2O. The number of likely N-dealkylation sites (N-methyl/N-ethyl adjacent to an activating group) is 1. The summed E-state index contributed by atoms with van der Waals surface area (Å²) in [5.41, 5.74) is 0. The molecule has 0 N–H and O–H groups in total. The molecule has 0 spiro atoms. The highest BCUT2D eigenvalue weighted by atomic mass is 16.2. The minimum atomic E-state index is 0.341. The first-order chi connectivity index (χ1) is 6.15. The van der Waals surface area contributed by atoms with Crippen LogP contribution >= 0.6 is 0 Å². The molecule has 13 heavy (non-hydrogen) atoms. The van der Waals surface area contributed by atoms with Crippen LogP contribution in [0.2, 0.25) is 0 Å². The van der Waals surface area contributed by atoms with E-state index in [1.165, 1.54) is 0 Å². The van der Waals surface area contributed by atoms with Crippen LogP contribution in [0.15, 0.2) is 0 Å². The topological polar surface area (TPSA) is 23.6 Å². The lowest BCUT2D eigenvalue weighted by atomic mass is 10.2. The van der Waals surface area contributed by atoms with Crippen LogP contribution in [-0.4, -0.2) is 48.9 Å². The zero-order chi connectivity index (χ0) is 9.84. The lowest BCUT2D eigenvalue weighted by Crippen LogP contribution is -2.42. The Hall–Kier alpha value is -0.570. The number of amides is 1. The second kappa shape index (κ2) is 4.61. The second-order valence-electron chi connectivity index (χ2n) is 4.02. The van der Waals surface area contributed by atoms with Crippen LogP contribution in [0.25, 0.3) is 0 Å². The Bertz CT molecular complexity index is 180. The van der Waals surface area contributed by atoms with Gasteiger partial charge in [-0.15, -0.1) is 0 Å². The van der Waals surface area contributed by atoms with E-state index in [4.69, 9.17) is 0 Å². The Morgan fingerprint density at radius 3 is 2.62 bits per heavy atom. The van der Waals surface area contributed by atoms with Gasteiger partial charge in [-0.2, -0.15) is 0 Å². The minimum Gasteiger partial charge on any atom is -0.338 e. The van der Waals surface area contributed by atoms with Gasteiger partial charge in [0.25, 0.3) is 0 Å². The van der Waals surface area contributed by atoms with E-state index in [0.717, 1.165) is 32.4 Å². The molecule has 1 atom stereocenters. The van der Waals surface area contributed by atoms with Gasteiger partial charge in [-0.05, 0) is 26.9 Å². The van der Waals surface area contributed by atoms with E-state index >= 15 is 0 Å². The maximum absolute atomic E-state index is 11.5. The van der Waals surface area contributed by atoms with Crippen molar-refractivity contribution in [1.82, 2.24) is 9.80 Å². The molecule has 0 unspecified atom stereocenters. The quantitative estimate of drug-likeness (QED) is 0.649. The fourth-order valence-electron chi connectivity index (χ4n) is 1.92. The van der Waals surface area contributed by atoms with Gasteiger partial charge in [0.05, 0.1) is 0 Å². The molecule has 0 aromatic rings. The van der Waals surface area contributed by atoms with Crippen molar-refractivity contribution >= 4 is 5.91 Å². The van der Waals surface area contributed by atoms with Crippen LogP contribution in [-0.2, 0) is 4.79 Å². The third kappa shape index (κ3) is 2.69. The maximum Gasteiger partial charge on any atom is 0.222 e. The predicted octanol–water partition coefficient (Wildman–Crippen LogP) is 0.949. The summed E-state index contributed by atoms with van der Waals surface area (Å²) in [5, 5.41) is 0. The molecule has 0 aliphatic carbocycles. The van der Waals surface area contributed by atoms with Gasteiger partial charge in [0, 0.05) is 25.6 Å². The Labute approximate surface area is 80.7 Å². The number of hydrogen-bond acceptors (Lipinski definition) is 2. The van der Waals surface area contributed by atoms with Crippen molar-refractivity contribution in [1.29, 1.82) is 0 Å². The maximum atomic E-state index is 11.5. The molecule has 0 aromatic carbocycles. The van der Waals surface area contributed by atoms with Crippen molar-refractivity contribution in [2.24, 2.45) is 0 Å². The molecule has 1 amide bonds. The average molecular weight is 184 g/mol. The first-order valence-electron chi connectivity index (χ1n) is 5.09. The summed E-state index contributed by atoms with van der Waals surface area (Å²) in [5.74, 6) is 0.341. The average Bonchev–Trinajstić information content (AvgIpc) is 2.47. The monoisotopic (exact) mass is 184 g/mol. The highest BCUT2D eigenvalue weighted by Crippen LogP contribution is 2.15. The first-order valence-corrected chi connectivity index (χ1v) is 5.09. The molecule has 1 rings (SSSR count). The second-order valence-corrected chi connectivity index (χ2v) is 4.02. The van der Waals surface area contributed by atoms with Gasteiger partial charge in [0.15, 0.2) is 0 Å². The van der Waals surface area contributed by atoms with E-state index in [1.54, 1.807) is 0 Å². The van der Waals surface area contributed by atoms with E-state index in [2.05, 4.69) is 25.9 Å². The SMILES string of the molecule is CC[C@@H](CN(C)C)N1CCCC1=O. The first kappa shape index (κ1) is 10.5. The fraction of sp³-hybridized carbons (Fsp3) is 0.900. The van der Waals surface area contributed by atoms with Crippen molar-refractivity contribution in [3.63, 3.8) is 0 Å². The van der Waals surface area contributed by atoms with Gasteiger partial charge in [-0.1, -0.05) is 6.92 Å². The van der Waals surface area contributed by atoms with Crippen LogP contribution in [0.4, 0.5) is 0 Å². The number of carbonyl (C=O) groups excluding carboxylic acids is 1. The van der Waals surface area contributed by atoms with Crippen molar-refractivity contribution in [3.05, 3.63) is 0 Å². The van der Waals surface area contributed by atoms with Crippen LogP contribution in [0.5, 0.6) is 0 Å². The molecule has 0 bridgehead atoms. The summed E-state index contributed by atoms with van der Waals surface area (Å²) in [6.45, 7) is 4.10. The molecule has 1 heterocycles. The number of rotatable bonds is 4. The van der Waals surface area contributed by atoms with Crippen molar-refractivity contribution in [2.45, 2.75) is 32.2 Å². The number of hydrogen-bond donors (Lipinski definition) is 0. The summed E-state index contributed by atoms with van der Waals surface area (Å²) in [6.07, 6.45) is 2.86. The lowest BCUT2D eigenvalue weighted by Gasteiger charge is -2.29. The van der Waals surface area contributed by atoms with E-state index in [1.807, 2.05) is 4.90 Å². The molecule has 3 heteroatoms. The summed E-state index contributed by atoms with van der Waals surface area (Å²) in [7, 11) is 4.12. The molecule has 1 aliphatic heterocycles. The molecule has 1 aliphatic rings. The molecule has 0 saturated carbocycles. The molecular weight excluding hydrogens is 164 g/mol. The van der Waals surface area contributed by atoms with Crippen LogP contribution < -0.4 is 0 Å². The Kier molecular flexibility index (Phi) is 3.72. The summed E-state index contributed by atoms with van der Waals surface area (Å²) < 4.78 is 0. The number of nitrogens with zero attached hydrogens (tertiary/aromatic N) is 2. The van der Waals surface area contributed by atoms with Gasteiger partial charge >= 0.3 is 0 Å². The Morgan fingerprint density at radius 1 is 1.54 bits per heavy atom. The van der Waals surface area contributed by atoms with Gasteiger partial charge in [0.2, 0.25) is 5.91 Å². The van der Waals surface area contributed by atoms with E-state index < -0.39 is 0 Å². The molecule has 0 radical (unpaired) electrons. The minimum absolute atomic E-state index is 0.341. The largest absolute Gasteiger partial charge is 0.338 e. The summed E-state index contributed by atoms with van der Waals surface area (Å²) in [6, 6.07) is 0.421. The Balaban J connectivity index is 2.49. The van der Waals surface area contributed by atoms with Crippen molar-refractivity contribution in [3.8, 4) is 0 Å². The van der Waals surface area contributed by atoms with Crippen LogP contribution in [0.3, 0.4) is 0 Å². The van der Waals surface area contributed by atoms with Gasteiger partial charge in [-0.25, -0.2) is 0 Å². The smallest absolute Gasteiger partial charge is 0.222 e. The normalized spacial score (nSPS) is 20.0. The zero-order valence-corrected chi connectivity index (χ0v) is 8.92. The highest BCUT2D eigenvalue weighted by Gasteiger charge is 2.26. The molecule has 0 aromatic heterocycles. The van der Waals surface area contributed by atoms with Gasteiger partial charge in [-0.3, -0.25) is 4.79 Å². The van der Waals surface area contributed by atoms with E-state index in [-0.39, 0.29) is 0 Å². The fourth-order valence-corrected chi connectivity index (χ4v) is 1.92. The highest BCUT2D eigenvalue weighted by molar-refractivity contribution is 5.78. The summed E-state index contributed by atoms with van der Waals surface area (Å²) >= 11 is 0. The lowest BCUT2D eigenvalue weighted by molar-refractivity contribution is -0.130. The van der Waals surface area contributed by atoms with E-state index in [0.29, 0.717) is 11.9 Å². The Morgan fingerprint density at radius 2 is 2.23 bits per heavy atom. The number of carbonyl (C=O) groups is 1.